The van der Waals surface area contributed by atoms with Crippen molar-refractivity contribution in [1.82, 2.24) is 26.6 Å². The van der Waals surface area contributed by atoms with Crippen molar-refractivity contribution in [2.45, 2.75) is 129 Å². The molecule has 0 spiro atoms. The first-order chi connectivity index (χ1) is 25.3. The summed E-state index contributed by atoms with van der Waals surface area (Å²) in [5, 5.41) is 32.5. The van der Waals surface area contributed by atoms with E-state index in [1.807, 2.05) is 13.2 Å². The molecule has 2 rings (SSSR count). The number of aliphatic carboxylic acids is 1. The fourth-order valence-corrected chi connectivity index (χ4v) is 6.88. The van der Waals surface area contributed by atoms with E-state index in [-0.39, 0.29) is 43.4 Å². The van der Waals surface area contributed by atoms with Crippen LogP contribution in [0.1, 0.15) is 107 Å². The fourth-order valence-electron chi connectivity index (χ4n) is 6.41. The van der Waals surface area contributed by atoms with Crippen molar-refractivity contribution in [1.29, 1.82) is 0 Å². The number of alkyl carbamates (subject to hydrolysis) is 1. The van der Waals surface area contributed by atoms with Crippen LogP contribution in [0, 0.1) is 19.8 Å². The number of aryl methyl sites for hydroxylation is 2. The minimum atomic E-state index is -1.10. The topological polar surface area (TPSA) is 212 Å². The van der Waals surface area contributed by atoms with Crippen LogP contribution in [0.3, 0.4) is 0 Å². The van der Waals surface area contributed by atoms with Crippen LogP contribution in [0.2, 0.25) is 0 Å². The molecule has 5 amide bonds. The van der Waals surface area contributed by atoms with Crippen LogP contribution in [0.5, 0.6) is 5.75 Å². The number of benzene rings is 1. The number of carboxylic acid groups (broad SMARTS) is 1. The Bertz CT molecular complexity index is 1330. The molecule has 0 aliphatic heterocycles. The molecule has 1 aromatic rings. The van der Waals surface area contributed by atoms with Gasteiger partial charge in [0, 0.05) is 19.4 Å². The summed E-state index contributed by atoms with van der Waals surface area (Å²) in [6.07, 6.45) is 10.5. The van der Waals surface area contributed by atoms with E-state index in [1.54, 1.807) is 26.0 Å². The zero-order chi connectivity index (χ0) is 39.2. The third-order valence-corrected chi connectivity index (χ3v) is 10.1. The van der Waals surface area contributed by atoms with Crippen molar-refractivity contribution in [3.05, 3.63) is 28.8 Å². The number of ether oxygens (including phenoxy) is 1. The number of rotatable bonds is 24. The van der Waals surface area contributed by atoms with E-state index in [0.717, 1.165) is 55.2 Å². The summed E-state index contributed by atoms with van der Waals surface area (Å²) in [5.41, 5.74) is 2.22. The second-order valence-corrected chi connectivity index (χ2v) is 14.8. The quantitative estimate of drug-likeness (QED) is 0.0752. The van der Waals surface area contributed by atoms with E-state index in [9.17, 15) is 33.9 Å². The molecule has 1 aliphatic carbocycles. The maximum absolute atomic E-state index is 13.7. The number of hydrogen-bond donors (Lipinski definition) is 7. The van der Waals surface area contributed by atoms with Crippen LogP contribution in [0.15, 0.2) is 12.1 Å². The summed E-state index contributed by atoms with van der Waals surface area (Å²) >= 11 is 1.48. The predicted molar refractivity (Wildman–Crippen MR) is 205 cm³/mol. The minimum Gasteiger partial charge on any atom is -0.508 e. The zero-order valence-electron chi connectivity index (χ0n) is 31.9. The molecule has 1 aliphatic rings. The van der Waals surface area contributed by atoms with Crippen LogP contribution in [0.4, 0.5) is 4.79 Å². The van der Waals surface area contributed by atoms with E-state index >= 15 is 0 Å². The number of amides is 5. The number of carbonyl (C=O) groups is 6. The van der Waals surface area contributed by atoms with E-state index < -0.39 is 54.5 Å². The Balaban J connectivity index is 2.10. The van der Waals surface area contributed by atoms with Crippen molar-refractivity contribution in [3.63, 3.8) is 0 Å². The van der Waals surface area contributed by atoms with Crippen LogP contribution < -0.4 is 26.6 Å². The first kappa shape index (κ1) is 45.1. The normalized spacial score (nSPS) is 14.6. The molecule has 0 unspecified atom stereocenters. The van der Waals surface area contributed by atoms with Gasteiger partial charge in [-0.25, -0.2) is 4.79 Å². The molecule has 14 nitrogen and oxygen atoms in total. The van der Waals surface area contributed by atoms with Gasteiger partial charge < -0.3 is 41.5 Å². The third-order valence-electron chi connectivity index (χ3n) is 9.41. The van der Waals surface area contributed by atoms with Gasteiger partial charge in [-0.05, 0) is 92.7 Å². The summed E-state index contributed by atoms with van der Waals surface area (Å²) in [4.78, 5) is 76.9. The molecule has 0 bridgehead atoms. The highest BCUT2D eigenvalue weighted by atomic mass is 32.2. The summed E-state index contributed by atoms with van der Waals surface area (Å²) < 4.78 is 5.26. The van der Waals surface area contributed by atoms with Crippen molar-refractivity contribution in [2.24, 2.45) is 5.92 Å². The van der Waals surface area contributed by atoms with Crippen LogP contribution in [0.25, 0.3) is 0 Å². The SMILES string of the molecule is CCCCOC(=O)N[C@@H](Cc1c(C)cc(O)cc1C)C(=O)N[C@H](CCSC)C(=O)NCC(=O)N[C@@H](CC1CCCCC1)C(=O)NCCCCCC(=O)O. The number of phenols is 1. The van der Waals surface area contributed by atoms with Crippen molar-refractivity contribution < 1.29 is 43.7 Å². The van der Waals surface area contributed by atoms with E-state index in [4.69, 9.17) is 9.84 Å². The molecule has 0 radical (unpaired) electrons. The molecular weight excluding hydrogens is 703 g/mol. The number of unbranched alkanes of at least 4 members (excludes halogenated alkanes) is 3. The summed E-state index contributed by atoms with van der Waals surface area (Å²) in [7, 11) is 0. The minimum absolute atomic E-state index is 0.0757. The lowest BCUT2D eigenvalue weighted by atomic mass is 9.84. The standard InChI is InChI=1S/C38H61N5O9S/c1-5-6-18-52-38(51)43-32(23-29-25(2)20-28(44)21-26(29)3)37(50)42-30(16-19-53-4)35(48)40-24-33(45)41-31(22-27-13-9-7-10-14-27)36(49)39-17-12-8-11-15-34(46)47/h20-21,27,30-32,44H,5-19,22-24H2,1-4H3,(H,39,49)(H,40,48)(H,41,45)(H,42,50)(H,43,51)(H,46,47)/t30-,31+,32+/m1/s1. The Labute approximate surface area is 318 Å². The maximum Gasteiger partial charge on any atom is 0.407 e. The van der Waals surface area contributed by atoms with Crippen molar-refractivity contribution in [2.75, 3.05) is 31.7 Å². The monoisotopic (exact) mass is 763 g/mol. The Morgan fingerprint density at radius 3 is 2.17 bits per heavy atom. The van der Waals surface area contributed by atoms with E-state index in [1.165, 1.54) is 11.8 Å². The molecule has 298 valence electrons. The molecule has 1 saturated carbocycles. The second-order valence-electron chi connectivity index (χ2n) is 13.9. The average Bonchev–Trinajstić information content (AvgIpc) is 3.11. The van der Waals surface area contributed by atoms with Gasteiger partial charge >= 0.3 is 12.1 Å². The highest BCUT2D eigenvalue weighted by molar-refractivity contribution is 7.98. The smallest absolute Gasteiger partial charge is 0.407 e. The Hall–Kier alpha value is -4.01. The van der Waals surface area contributed by atoms with Gasteiger partial charge in [0.1, 0.15) is 23.9 Å². The highest BCUT2D eigenvalue weighted by Gasteiger charge is 2.30. The largest absolute Gasteiger partial charge is 0.508 e. The molecule has 15 heteroatoms. The number of carboxylic acids is 1. The lowest BCUT2D eigenvalue weighted by molar-refractivity contribution is -0.137. The summed E-state index contributed by atoms with van der Waals surface area (Å²) in [5.74, 6) is -2.01. The molecule has 1 aromatic carbocycles. The summed E-state index contributed by atoms with van der Waals surface area (Å²) in [6, 6.07) is 0.239. The summed E-state index contributed by atoms with van der Waals surface area (Å²) in [6.45, 7) is 5.69. The molecule has 53 heavy (non-hydrogen) atoms. The number of thioether (sulfide) groups is 1. The lowest BCUT2D eigenvalue weighted by Gasteiger charge is -2.27. The molecule has 0 heterocycles. The van der Waals surface area contributed by atoms with Gasteiger partial charge in [-0.15, -0.1) is 0 Å². The first-order valence-electron chi connectivity index (χ1n) is 18.9. The zero-order valence-corrected chi connectivity index (χ0v) is 32.7. The second kappa shape index (κ2) is 25.1. The Morgan fingerprint density at radius 1 is 0.849 bits per heavy atom. The lowest BCUT2D eigenvalue weighted by Crippen LogP contribution is -2.56. The van der Waals surface area contributed by atoms with Crippen LogP contribution >= 0.6 is 11.8 Å². The average molecular weight is 764 g/mol. The third kappa shape index (κ3) is 18.0. The Kier molecular flexibility index (Phi) is 21.4. The van der Waals surface area contributed by atoms with E-state index in [2.05, 4.69) is 26.6 Å². The molecule has 3 atom stereocenters. The molecular formula is C38H61N5O9S. The van der Waals surface area contributed by atoms with Crippen LogP contribution in [-0.4, -0.2) is 95.7 Å². The predicted octanol–water partition coefficient (Wildman–Crippen LogP) is 4.02. The van der Waals surface area contributed by atoms with Gasteiger partial charge in [0.25, 0.3) is 0 Å². The van der Waals surface area contributed by atoms with E-state index in [0.29, 0.717) is 44.4 Å². The van der Waals surface area contributed by atoms with Crippen molar-refractivity contribution >= 4 is 47.5 Å². The highest BCUT2D eigenvalue weighted by Crippen LogP contribution is 2.27. The number of aromatic hydroxyl groups is 1. The van der Waals surface area contributed by atoms with Gasteiger partial charge in [0.15, 0.2) is 0 Å². The van der Waals surface area contributed by atoms with Gasteiger partial charge in [-0.2, -0.15) is 11.8 Å². The maximum atomic E-state index is 13.7. The number of phenolic OH excluding ortho intramolecular Hbond substituents is 1. The van der Waals surface area contributed by atoms with Gasteiger partial charge in [-0.1, -0.05) is 51.9 Å². The molecule has 0 aromatic heterocycles. The molecule has 1 fully saturated rings. The number of nitrogens with one attached hydrogen (secondary N) is 5. The van der Waals surface area contributed by atoms with Gasteiger partial charge in [-0.3, -0.25) is 24.0 Å². The van der Waals surface area contributed by atoms with Crippen molar-refractivity contribution in [3.8, 4) is 5.75 Å². The number of hydrogen-bond acceptors (Lipinski definition) is 9. The molecule has 0 saturated heterocycles. The number of carbonyl (C=O) groups excluding carboxylic acids is 5. The van der Waals surface area contributed by atoms with Gasteiger partial charge in [0.2, 0.25) is 23.6 Å². The first-order valence-corrected chi connectivity index (χ1v) is 20.3. The Morgan fingerprint density at radius 2 is 1.53 bits per heavy atom. The van der Waals surface area contributed by atoms with Crippen LogP contribution in [-0.2, 0) is 35.1 Å². The fraction of sp³-hybridized carbons (Fsp3) is 0.684. The molecule has 7 N–H and O–H groups in total. The van der Waals surface area contributed by atoms with Gasteiger partial charge in [0.05, 0.1) is 13.2 Å².